The van der Waals surface area contributed by atoms with Crippen molar-refractivity contribution in [3.63, 3.8) is 0 Å². The summed E-state index contributed by atoms with van der Waals surface area (Å²) in [6, 6.07) is 0. The number of hydrogen-bond donors (Lipinski definition) is 0. The van der Waals surface area contributed by atoms with E-state index in [2.05, 4.69) is 13.8 Å². The molecular weight excluding hydrogens is 242 g/mol. The summed E-state index contributed by atoms with van der Waals surface area (Å²) in [7, 11) is 0. The SMILES string of the molecule is CCC(C)CC1CN(C(=O)OC(C)(C)C)C(C)(C)O1. The molecule has 112 valence electrons. The molecule has 2 unspecified atom stereocenters. The summed E-state index contributed by atoms with van der Waals surface area (Å²) in [6.45, 7) is 14.5. The monoisotopic (exact) mass is 271 g/mol. The van der Waals surface area contributed by atoms with E-state index >= 15 is 0 Å². The minimum atomic E-state index is -0.583. The first-order valence-corrected chi connectivity index (χ1v) is 7.23. The van der Waals surface area contributed by atoms with Crippen molar-refractivity contribution in [2.75, 3.05) is 6.54 Å². The first-order chi connectivity index (χ1) is 8.55. The highest BCUT2D eigenvalue weighted by Crippen LogP contribution is 2.31. The lowest BCUT2D eigenvalue weighted by molar-refractivity contribution is -0.0812. The fraction of sp³-hybridized carbons (Fsp3) is 0.933. The highest BCUT2D eigenvalue weighted by atomic mass is 16.6. The second kappa shape index (κ2) is 5.70. The predicted molar refractivity (Wildman–Crippen MR) is 76.0 cm³/mol. The lowest BCUT2D eigenvalue weighted by Crippen LogP contribution is -2.46. The summed E-state index contributed by atoms with van der Waals surface area (Å²) < 4.78 is 11.4. The molecule has 1 rings (SSSR count). The molecular formula is C15H29NO3. The van der Waals surface area contributed by atoms with Crippen molar-refractivity contribution in [3.8, 4) is 0 Å². The van der Waals surface area contributed by atoms with Crippen LogP contribution in [0.15, 0.2) is 0 Å². The Morgan fingerprint density at radius 1 is 1.47 bits per heavy atom. The molecule has 1 amide bonds. The normalized spacial score (nSPS) is 24.4. The molecule has 0 aromatic rings. The molecule has 1 aliphatic rings. The lowest BCUT2D eigenvalue weighted by Gasteiger charge is -2.31. The zero-order chi connectivity index (χ0) is 14.8. The molecule has 1 saturated heterocycles. The minimum absolute atomic E-state index is 0.109. The molecule has 4 nitrogen and oxygen atoms in total. The van der Waals surface area contributed by atoms with E-state index in [0.717, 1.165) is 12.8 Å². The van der Waals surface area contributed by atoms with Crippen LogP contribution in [0.3, 0.4) is 0 Å². The van der Waals surface area contributed by atoms with Crippen LogP contribution in [-0.4, -0.2) is 35.0 Å². The molecule has 0 N–H and O–H groups in total. The lowest BCUT2D eigenvalue weighted by atomic mass is 10.0. The van der Waals surface area contributed by atoms with Gasteiger partial charge in [-0.05, 0) is 47.0 Å². The molecule has 0 spiro atoms. The van der Waals surface area contributed by atoms with Gasteiger partial charge < -0.3 is 9.47 Å². The zero-order valence-corrected chi connectivity index (χ0v) is 13.4. The van der Waals surface area contributed by atoms with Crippen LogP contribution in [0.1, 0.15) is 61.3 Å². The number of carbonyl (C=O) groups is 1. The average molecular weight is 271 g/mol. The molecule has 0 bridgehead atoms. The second-order valence-electron chi connectivity index (χ2n) is 7.03. The largest absolute Gasteiger partial charge is 0.444 e. The molecule has 4 heteroatoms. The van der Waals surface area contributed by atoms with Gasteiger partial charge >= 0.3 is 6.09 Å². The van der Waals surface area contributed by atoms with Crippen LogP contribution in [0.5, 0.6) is 0 Å². The summed E-state index contributed by atoms with van der Waals surface area (Å²) in [6.07, 6.45) is 1.94. The number of nitrogens with zero attached hydrogens (tertiary/aromatic N) is 1. The molecule has 1 heterocycles. The Balaban J connectivity index is 2.66. The van der Waals surface area contributed by atoms with Gasteiger partial charge in [0.1, 0.15) is 11.3 Å². The van der Waals surface area contributed by atoms with Gasteiger partial charge in [-0.1, -0.05) is 20.3 Å². The zero-order valence-electron chi connectivity index (χ0n) is 13.4. The van der Waals surface area contributed by atoms with E-state index in [4.69, 9.17) is 9.47 Å². The molecule has 2 atom stereocenters. The van der Waals surface area contributed by atoms with Crippen LogP contribution in [-0.2, 0) is 9.47 Å². The molecule has 0 aromatic carbocycles. The maximum atomic E-state index is 12.2. The van der Waals surface area contributed by atoms with Crippen molar-refractivity contribution in [3.05, 3.63) is 0 Å². The quantitative estimate of drug-likeness (QED) is 0.783. The maximum absolute atomic E-state index is 12.2. The summed E-state index contributed by atoms with van der Waals surface area (Å²) in [5.74, 6) is 0.611. The molecule has 1 aliphatic heterocycles. The third-order valence-electron chi connectivity index (χ3n) is 3.47. The molecule has 1 fully saturated rings. The minimum Gasteiger partial charge on any atom is -0.444 e. The highest BCUT2D eigenvalue weighted by Gasteiger charge is 2.44. The van der Waals surface area contributed by atoms with Gasteiger partial charge in [-0.15, -0.1) is 0 Å². The van der Waals surface area contributed by atoms with Crippen molar-refractivity contribution >= 4 is 6.09 Å². The van der Waals surface area contributed by atoms with E-state index in [1.165, 1.54) is 0 Å². The van der Waals surface area contributed by atoms with E-state index in [1.807, 2.05) is 34.6 Å². The van der Waals surface area contributed by atoms with Gasteiger partial charge in [-0.2, -0.15) is 0 Å². The van der Waals surface area contributed by atoms with Crippen molar-refractivity contribution in [1.82, 2.24) is 4.90 Å². The van der Waals surface area contributed by atoms with Gasteiger partial charge in [0, 0.05) is 0 Å². The van der Waals surface area contributed by atoms with E-state index in [1.54, 1.807) is 4.90 Å². The Hall–Kier alpha value is -0.770. The second-order valence-corrected chi connectivity index (χ2v) is 7.03. The van der Waals surface area contributed by atoms with Crippen molar-refractivity contribution in [2.24, 2.45) is 5.92 Å². The van der Waals surface area contributed by atoms with Gasteiger partial charge in [0.25, 0.3) is 0 Å². The molecule has 0 radical (unpaired) electrons. The van der Waals surface area contributed by atoms with Crippen LogP contribution in [0, 0.1) is 5.92 Å². The standard InChI is InChI=1S/C15H29NO3/c1-8-11(2)9-12-10-16(15(6,7)18-12)13(17)19-14(3,4)5/h11-12H,8-10H2,1-7H3. The molecule has 0 aromatic heterocycles. The van der Waals surface area contributed by atoms with E-state index in [-0.39, 0.29) is 12.2 Å². The Kier molecular flexibility index (Phi) is 4.88. The van der Waals surface area contributed by atoms with Gasteiger partial charge in [0.05, 0.1) is 12.6 Å². The first kappa shape index (κ1) is 16.3. The fourth-order valence-electron chi connectivity index (χ4n) is 2.28. The molecule has 19 heavy (non-hydrogen) atoms. The van der Waals surface area contributed by atoms with E-state index < -0.39 is 11.3 Å². The van der Waals surface area contributed by atoms with Crippen LogP contribution in [0.25, 0.3) is 0 Å². The Morgan fingerprint density at radius 3 is 2.53 bits per heavy atom. The topological polar surface area (TPSA) is 38.8 Å². The Labute approximate surface area is 117 Å². The number of hydrogen-bond acceptors (Lipinski definition) is 3. The van der Waals surface area contributed by atoms with Crippen molar-refractivity contribution < 1.29 is 14.3 Å². The highest BCUT2D eigenvalue weighted by molar-refractivity contribution is 5.69. The molecule has 0 saturated carbocycles. The maximum Gasteiger partial charge on any atom is 0.412 e. The average Bonchev–Trinajstić information content (AvgIpc) is 2.50. The van der Waals surface area contributed by atoms with Gasteiger partial charge in [0.2, 0.25) is 0 Å². The number of amides is 1. The number of ether oxygens (including phenoxy) is 2. The summed E-state index contributed by atoms with van der Waals surface area (Å²) in [5.41, 5.74) is -1.05. The third-order valence-corrected chi connectivity index (χ3v) is 3.47. The van der Waals surface area contributed by atoms with Crippen LogP contribution in [0.4, 0.5) is 4.79 Å². The summed E-state index contributed by atoms with van der Waals surface area (Å²) >= 11 is 0. The smallest absolute Gasteiger partial charge is 0.412 e. The summed E-state index contributed by atoms with van der Waals surface area (Å²) in [5, 5.41) is 0. The predicted octanol–water partition coefficient (Wildman–Crippen LogP) is 3.79. The van der Waals surface area contributed by atoms with Crippen LogP contribution in [0.2, 0.25) is 0 Å². The van der Waals surface area contributed by atoms with Crippen LogP contribution < -0.4 is 0 Å². The van der Waals surface area contributed by atoms with Gasteiger partial charge in [0.15, 0.2) is 0 Å². The number of carbonyl (C=O) groups excluding carboxylic acids is 1. The van der Waals surface area contributed by atoms with Gasteiger partial charge in [-0.25, -0.2) is 4.79 Å². The van der Waals surface area contributed by atoms with E-state index in [0.29, 0.717) is 12.5 Å². The van der Waals surface area contributed by atoms with Crippen molar-refractivity contribution in [2.45, 2.75) is 78.7 Å². The fourth-order valence-corrected chi connectivity index (χ4v) is 2.28. The van der Waals surface area contributed by atoms with Crippen LogP contribution >= 0.6 is 0 Å². The third kappa shape index (κ3) is 4.68. The summed E-state index contributed by atoms with van der Waals surface area (Å²) in [4.78, 5) is 13.9. The van der Waals surface area contributed by atoms with E-state index in [9.17, 15) is 4.79 Å². The Bertz CT molecular complexity index is 320. The molecule has 0 aliphatic carbocycles. The number of rotatable bonds is 3. The first-order valence-electron chi connectivity index (χ1n) is 7.23. The van der Waals surface area contributed by atoms with Crippen molar-refractivity contribution in [1.29, 1.82) is 0 Å². The Morgan fingerprint density at radius 2 is 2.05 bits per heavy atom. The van der Waals surface area contributed by atoms with Gasteiger partial charge in [-0.3, -0.25) is 4.90 Å².